The summed E-state index contributed by atoms with van der Waals surface area (Å²) in [5, 5.41) is 1.15. The molecule has 3 aromatic rings. The van der Waals surface area contributed by atoms with Crippen LogP contribution < -0.4 is 4.74 Å². The summed E-state index contributed by atoms with van der Waals surface area (Å²) in [4.78, 5) is 8.94. The van der Waals surface area contributed by atoms with E-state index >= 15 is 0 Å². The van der Waals surface area contributed by atoms with Gasteiger partial charge in [-0.05, 0) is 30.5 Å². The number of fused-ring (bicyclic) bond motifs is 2. The zero-order valence-corrected chi connectivity index (χ0v) is 15.8. The highest BCUT2D eigenvalue weighted by atomic mass is 32.1. The van der Waals surface area contributed by atoms with Crippen LogP contribution in [-0.4, -0.2) is 23.0 Å². The van der Waals surface area contributed by atoms with Crippen molar-refractivity contribution in [3.63, 3.8) is 0 Å². The summed E-state index contributed by atoms with van der Waals surface area (Å²) in [5.74, 6) is 1.08. The van der Waals surface area contributed by atoms with E-state index in [1.807, 2.05) is 11.3 Å². The molecule has 0 saturated heterocycles. The van der Waals surface area contributed by atoms with E-state index in [0.717, 1.165) is 43.3 Å². The van der Waals surface area contributed by atoms with Crippen LogP contribution in [0.2, 0.25) is 0 Å². The van der Waals surface area contributed by atoms with E-state index in [0.29, 0.717) is 6.04 Å². The van der Waals surface area contributed by atoms with E-state index in [1.54, 1.807) is 0 Å². The van der Waals surface area contributed by atoms with Crippen LogP contribution in [0.15, 0.2) is 48.5 Å². The van der Waals surface area contributed by atoms with Crippen LogP contribution in [0.3, 0.4) is 0 Å². The Labute approximate surface area is 158 Å². The number of hydrogen-bond donors (Lipinski definition) is 0. The Kier molecular flexibility index (Phi) is 4.03. The molecule has 0 bridgehead atoms. The number of aromatic nitrogens is 1. The van der Waals surface area contributed by atoms with Crippen molar-refractivity contribution in [2.24, 2.45) is 0 Å². The van der Waals surface area contributed by atoms with Gasteiger partial charge < -0.3 is 4.74 Å². The molecule has 4 heteroatoms. The lowest BCUT2D eigenvalue weighted by Crippen LogP contribution is -2.32. The summed E-state index contributed by atoms with van der Waals surface area (Å²) >= 11 is 1.86. The lowest BCUT2D eigenvalue weighted by atomic mass is 10.0. The molecule has 132 valence electrons. The third-order valence-electron chi connectivity index (χ3n) is 5.53. The highest BCUT2D eigenvalue weighted by Gasteiger charge is 2.26. The molecule has 0 radical (unpaired) electrons. The zero-order valence-electron chi connectivity index (χ0n) is 14.9. The third-order valence-corrected chi connectivity index (χ3v) is 6.73. The quantitative estimate of drug-likeness (QED) is 0.665. The van der Waals surface area contributed by atoms with Gasteiger partial charge in [-0.3, -0.25) is 4.90 Å². The summed E-state index contributed by atoms with van der Waals surface area (Å²) in [7, 11) is 0. The number of benzene rings is 2. The zero-order chi connectivity index (χ0) is 17.5. The van der Waals surface area contributed by atoms with Gasteiger partial charge >= 0.3 is 0 Å². The van der Waals surface area contributed by atoms with Gasteiger partial charge in [-0.25, -0.2) is 4.98 Å². The highest BCUT2D eigenvalue weighted by Crippen LogP contribution is 2.35. The second-order valence-electron chi connectivity index (χ2n) is 7.12. The van der Waals surface area contributed by atoms with Gasteiger partial charge in [-0.2, -0.15) is 0 Å². The summed E-state index contributed by atoms with van der Waals surface area (Å²) in [6.45, 7) is 5.13. The lowest BCUT2D eigenvalue weighted by Gasteiger charge is -2.32. The molecule has 0 spiro atoms. The maximum absolute atomic E-state index is 5.76. The first-order valence-electron chi connectivity index (χ1n) is 9.31. The SMILES string of the molecule is CC(c1ccc2c(c1)OCC2)N1CCc2sc(-c3ccccc3)nc2C1. The molecule has 1 atom stereocenters. The van der Waals surface area contributed by atoms with E-state index in [4.69, 9.17) is 9.72 Å². The fraction of sp³-hybridized carbons (Fsp3) is 0.318. The molecule has 0 N–H and O–H groups in total. The van der Waals surface area contributed by atoms with Gasteiger partial charge in [0.1, 0.15) is 10.8 Å². The Morgan fingerprint density at radius 2 is 2.00 bits per heavy atom. The van der Waals surface area contributed by atoms with Crippen LogP contribution in [0.1, 0.15) is 34.7 Å². The van der Waals surface area contributed by atoms with Gasteiger partial charge in [0.15, 0.2) is 0 Å². The number of hydrogen-bond acceptors (Lipinski definition) is 4. The summed E-state index contributed by atoms with van der Waals surface area (Å²) in [6.07, 6.45) is 2.13. The molecule has 1 unspecified atom stereocenters. The summed E-state index contributed by atoms with van der Waals surface area (Å²) in [6, 6.07) is 17.6. The first-order valence-corrected chi connectivity index (χ1v) is 10.1. The van der Waals surface area contributed by atoms with Gasteiger partial charge in [-0.1, -0.05) is 42.5 Å². The van der Waals surface area contributed by atoms with E-state index < -0.39 is 0 Å². The molecule has 2 aromatic carbocycles. The number of nitrogens with zero attached hydrogens (tertiary/aromatic N) is 2. The maximum atomic E-state index is 5.76. The fourth-order valence-electron chi connectivity index (χ4n) is 3.91. The Morgan fingerprint density at radius 3 is 2.88 bits per heavy atom. The van der Waals surface area contributed by atoms with Crippen molar-refractivity contribution in [1.29, 1.82) is 0 Å². The summed E-state index contributed by atoms with van der Waals surface area (Å²) in [5.41, 5.74) is 5.16. The molecule has 0 amide bonds. The third kappa shape index (κ3) is 2.83. The minimum atomic E-state index is 0.375. The number of rotatable bonds is 3. The Morgan fingerprint density at radius 1 is 1.12 bits per heavy atom. The second kappa shape index (κ2) is 6.53. The Hall–Kier alpha value is -2.17. The topological polar surface area (TPSA) is 25.4 Å². The molecule has 3 heterocycles. The van der Waals surface area contributed by atoms with Gasteiger partial charge in [0.25, 0.3) is 0 Å². The van der Waals surface area contributed by atoms with E-state index in [-0.39, 0.29) is 0 Å². The van der Waals surface area contributed by atoms with Crippen LogP contribution in [0, 0.1) is 0 Å². The lowest BCUT2D eigenvalue weighted by molar-refractivity contribution is 0.190. The molecule has 0 fully saturated rings. The molecule has 3 nitrogen and oxygen atoms in total. The summed E-state index contributed by atoms with van der Waals surface area (Å²) < 4.78 is 5.76. The van der Waals surface area contributed by atoms with Crippen molar-refractivity contribution < 1.29 is 4.74 Å². The van der Waals surface area contributed by atoms with Crippen molar-refractivity contribution in [2.75, 3.05) is 13.2 Å². The van der Waals surface area contributed by atoms with Gasteiger partial charge in [0.05, 0.1) is 12.3 Å². The van der Waals surface area contributed by atoms with Crippen molar-refractivity contribution in [2.45, 2.75) is 32.4 Å². The predicted molar refractivity (Wildman–Crippen MR) is 106 cm³/mol. The van der Waals surface area contributed by atoms with E-state index in [1.165, 1.54) is 27.3 Å². The second-order valence-corrected chi connectivity index (χ2v) is 8.20. The van der Waals surface area contributed by atoms with Gasteiger partial charge in [0, 0.05) is 36.0 Å². The molecule has 2 aliphatic heterocycles. The highest BCUT2D eigenvalue weighted by molar-refractivity contribution is 7.15. The van der Waals surface area contributed by atoms with Crippen molar-refractivity contribution in [3.05, 3.63) is 70.2 Å². The average Bonchev–Trinajstić information content (AvgIpc) is 3.33. The van der Waals surface area contributed by atoms with Crippen molar-refractivity contribution in [1.82, 2.24) is 9.88 Å². The number of ether oxygens (including phenoxy) is 1. The van der Waals surface area contributed by atoms with Crippen LogP contribution in [0.25, 0.3) is 10.6 Å². The normalized spacial score (nSPS) is 17.4. The van der Waals surface area contributed by atoms with E-state index in [2.05, 4.69) is 60.4 Å². The molecule has 0 saturated carbocycles. The van der Waals surface area contributed by atoms with Crippen LogP contribution in [0.5, 0.6) is 5.75 Å². The molecular weight excluding hydrogens is 340 g/mol. The number of thiazole rings is 1. The smallest absolute Gasteiger partial charge is 0.123 e. The molecule has 5 rings (SSSR count). The Balaban J connectivity index is 1.38. The monoisotopic (exact) mass is 362 g/mol. The average molecular weight is 362 g/mol. The van der Waals surface area contributed by atoms with Crippen molar-refractivity contribution in [3.8, 4) is 16.3 Å². The largest absolute Gasteiger partial charge is 0.493 e. The van der Waals surface area contributed by atoms with Gasteiger partial charge in [-0.15, -0.1) is 11.3 Å². The standard InChI is InChI=1S/C22H22N2OS/c1-15(18-8-7-16-10-12-25-20(16)13-18)24-11-9-21-19(14-24)23-22(26-21)17-5-3-2-4-6-17/h2-8,13,15H,9-12,14H2,1H3. The minimum absolute atomic E-state index is 0.375. The molecule has 26 heavy (non-hydrogen) atoms. The van der Waals surface area contributed by atoms with E-state index in [9.17, 15) is 0 Å². The van der Waals surface area contributed by atoms with Crippen LogP contribution >= 0.6 is 11.3 Å². The van der Waals surface area contributed by atoms with Crippen LogP contribution in [0.4, 0.5) is 0 Å². The minimum Gasteiger partial charge on any atom is -0.493 e. The first kappa shape index (κ1) is 16.0. The maximum Gasteiger partial charge on any atom is 0.123 e. The van der Waals surface area contributed by atoms with Gasteiger partial charge in [0.2, 0.25) is 0 Å². The van der Waals surface area contributed by atoms with Crippen molar-refractivity contribution >= 4 is 11.3 Å². The first-order chi connectivity index (χ1) is 12.8. The molecule has 1 aromatic heterocycles. The predicted octanol–water partition coefficient (Wildman–Crippen LogP) is 4.86. The molecule has 2 aliphatic rings. The van der Waals surface area contributed by atoms with Crippen LogP contribution in [-0.2, 0) is 19.4 Å². The molecule has 0 aliphatic carbocycles. The molecular formula is C22H22N2OS. The Bertz CT molecular complexity index is 935. The fourth-order valence-corrected chi connectivity index (χ4v) is 4.97.